The monoisotopic (exact) mass is 286 g/mol. The molecule has 1 aromatic carbocycles. The Hall–Kier alpha value is -1.35. The number of nitrogens with zero attached hydrogens (tertiary/aromatic N) is 1. The summed E-state index contributed by atoms with van der Waals surface area (Å²) in [7, 11) is 0. The summed E-state index contributed by atoms with van der Waals surface area (Å²) in [5, 5.41) is 0. The summed E-state index contributed by atoms with van der Waals surface area (Å²) in [4.78, 5) is 14.9. The molecular formula is C18H26N2O. The van der Waals surface area contributed by atoms with Crippen molar-refractivity contribution in [3.63, 3.8) is 0 Å². The van der Waals surface area contributed by atoms with E-state index in [1.165, 1.54) is 5.56 Å². The van der Waals surface area contributed by atoms with E-state index in [1.807, 2.05) is 6.07 Å². The van der Waals surface area contributed by atoms with Crippen LogP contribution < -0.4 is 5.73 Å². The molecule has 3 rings (SSSR count). The lowest BCUT2D eigenvalue weighted by Crippen LogP contribution is -2.44. The van der Waals surface area contributed by atoms with E-state index in [0.717, 1.165) is 38.6 Å². The molecule has 0 aliphatic heterocycles. The fraction of sp³-hybridized carbons (Fsp3) is 0.611. The van der Waals surface area contributed by atoms with Crippen molar-refractivity contribution in [3.8, 4) is 0 Å². The van der Waals surface area contributed by atoms with Gasteiger partial charge in [0, 0.05) is 24.5 Å². The van der Waals surface area contributed by atoms with Gasteiger partial charge in [0.05, 0.1) is 0 Å². The van der Waals surface area contributed by atoms with Gasteiger partial charge in [0.25, 0.3) is 0 Å². The fourth-order valence-corrected chi connectivity index (χ4v) is 3.76. The third-order valence-electron chi connectivity index (χ3n) is 5.14. The second-order valence-electron chi connectivity index (χ2n) is 6.55. The number of carbonyl (C=O) groups excluding carboxylic acids is 1. The quantitative estimate of drug-likeness (QED) is 0.925. The summed E-state index contributed by atoms with van der Waals surface area (Å²) in [6.45, 7) is 2.93. The van der Waals surface area contributed by atoms with Gasteiger partial charge in [0.15, 0.2) is 0 Å². The Morgan fingerprint density at radius 2 is 1.86 bits per heavy atom. The second kappa shape index (κ2) is 6.18. The predicted molar refractivity (Wildman–Crippen MR) is 84.9 cm³/mol. The molecule has 114 valence electrons. The van der Waals surface area contributed by atoms with Crippen molar-refractivity contribution in [2.45, 2.75) is 57.0 Å². The van der Waals surface area contributed by atoms with E-state index in [0.29, 0.717) is 23.9 Å². The average molecular weight is 286 g/mol. The van der Waals surface area contributed by atoms with Crippen LogP contribution >= 0.6 is 0 Å². The maximum atomic E-state index is 12.8. The van der Waals surface area contributed by atoms with Gasteiger partial charge in [-0.2, -0.15) is 0 Å². The van der Waals surface area contributed by atoms with Crippen LogP contribution in [-0.2, 0) is 4.79 Å². The molecular weight excluding hydrogens is 260 g/mol. The molecule has 0 heterocycles. The van der Waals surface area contributed by atoms with Crippen LogP contribution in [0.3, 0.4) is 0 Å². The minimum absolute atomic E-state index is 0.211. The normalized spacial score (nSPS) is 31.7. The molecule has 21 heavy (non-hydrogen) atoms. The van der Waals surface area contributed by atoms with Gasteiger partial charge in [0.1, 0.15) is 0 Å². The molecule has 2 N–H and O–H groups in total. The Morgan fingerprint density at radius 3 is 2.48 bits per heavy atom. The largest absolute Gasteiger partial charge is 0.340 e. The molecule has 3 heteroatoms. The molecule has 0 aromatic heterocycles. The minimum atomic E-state index is 0.211. The first-order chi connectivity index (χ1) is 10.2. The van der Waals surface area contributed by atoms with Gasteiger partial charge in [-0.25, -0.2) is 0 Å². The molecule has 0 bridgehead atoms. The zero-order valence-corrected chi connectivity index (χ0v) is 12.9. The van der Waals surface area contributed by atoms with Gasteiger partial charge in [0.2, 0.25) is 5.91 Å². The van der Waals surface area contributed by atoms with Crippen LogP contribution in [0.15, 0.2) is 30.3 Å². The topological polar surface area (TPSA) is 46.3 Å². The maximum Gasteiger partial charge on any atom is 0.226 e. The number of carbonyl (C=O) groups is 1. The smallest absolute Gasteiger partial charge is 0.226 e. The lowest BCUT2D eigenvalue weighted by Gasteiger charge is -2.35. The summed E-state index contributed by atoms with van der Waals surface area (Å²) in [5.74, 6) is 1.02. The number of benzene rings is 1. The van der Waals surface area contributed by atoms with Crippen LogP contribution in [0, 0.1) is 5.92 Å². The SMILES string of the molecule is CCN(C(=O)C1CC1c1ccccc1)C1CCC(N)CC1. The molecule has 1 amide bonds. The van der Waals surface area contributed by atoms with Gasteiger partial charge in [-0.15, -0.1) is 0 Å². The van der Waals surface area contributed by atoms with Crippen molar-refractivity contribution < 1.29 is 4.79 Å². The number of hydrogen-bond donors (Lipinski definition) is 1. The number of amides is 1. The zero-order valence-electron chi connectivity index (χ0n) is 12.9. The van der Waals surface area contributed by atoms with Gasteiger partial charge in [-0.3, -0.25) is 4.79 Å². The van der Waals surface area contributed by atoms with E-state index >= 15 is 0 Å². The summed E-state index contributed by atoms with van der Waals surface area (Å²) in [5.41, 5.74) is 7.30. The van der Waals surface area contributed by atoms with E-state index < -0.39 is 0 Å². The molecule has 2 aliphatic rings. The van der Waals surface area contributed by atoms with Crippen molar-refractivity contribution >= 4 is 5.91 Å². The van der Waals surface area contributed by atoms with Crippen LogP contribution in [0.1, 0.15) is 50.5 Å². The fourth-order valence-electron chi connectivity index (χ4n) is 3.76. The Balaban J connectivity index is 1.62. The van der Waals surface area contributed by atoms with Crippen molar-refractivity contribution in [3.05, 3.63) is 35.9 Å². The lowest BCUT2D eigenvalue weighted by atomic mass is 9.90. The molecule has 1 aromatic rings. The summed E-state index contributed by atoms with van der Waals surface area (Å²) in [6, 6.07) is 11.2. The van der Waals surface area contributed by atoms with E-state index in [1.54, 1.807) is 0 Å². The third kappa shape index (κ3) is 3.13. The van der Waals surface area contributed by atoms with Crippen LogP contribution in [-0.4, -0.2) is 29.4 Å². The van der Waals surface area contributed by atoms with Crippen molar-refractivity contribution in [1.82, 2.24) is 4.90 Å². The van der Waals surface area contributed by atoms with Crippen molar-refractivity contribution in [2.24, 2.45) is 11.7 Å². The van der Waals surface area contributed by atoms with Crippen LogP contribution in [0.4, 0.5) is 0 Å². The molecule has 2 atom stereocenters. The standard InChI is InChI=1S/C18H26N2O/c1-2-20(15-10-8-14(19)9-11-15)18(21)17-12-16(17)13-6-4-3-5-7-13/h3-7,14-17H,2,8-12,19H2,1H3. The van der Waals surface area contributed by atoms with E-state index in [-0.39, 0.29) is 5.92 Å². The summed E-state index contributed by atoms with van der Waals surface area (Å²) in [6.07, 6.45) is 5.28. The highest BCUT2D eigenvalue weighted by Gasteiger charge is 2.46. The first-order valence-corrected chi connectivity index (χ1v) is 8.31. The van der Waals surface area contributed by atoms with Gasteiger partial charge in [-0.1, -0.05) is 30.3 Å². The predicted octanol–water partition coefficient (Wildman–Crippen LogP) is 2.91. The van der Waals surface area contributed by atoms with Crippen molar-refractivity contribution in [2.75, 3.05) is 6.54 Å². The van der Waals surface area contributed by atoms with Gasteiger partial charge in [-0.05, 0) is 50.5 Å². The zero-order chi connectivity index (χ0) is 14.8. The molecule has 2 unspecified atom stereocenters. The van der Waals surface area contributed by atoms with E-state index in [2.05, 4.69) is 36.1 Å². The van der Waals surface area contributed by atoms with Crippen LogP contribution in [0.5, 0.6) is 0 Å². The highest BCUT2D eigenvalue weighted by Crippen LogP contribution is 2.48. The van der Waals surface area contributed by atoms with Crippen molar-refractivity contribution in [1.29, 1.82) is 0 Å². The molecule has 2 saturated carbocycles. The summed E-state index contributed by atoms with van der Waals surface area (Å²) >= 11 is 0. The van der Waals surface area contributed by atoms with E-state index in [4.69, 9.17) is 5.73 Å². The third-order valence-corrected chi connectivity index (χ3v) is 5.14. The molecule has 0 radical (unpaired) electrons. The Kier molecular flexibility index (Phi) is 4.29. The summed E-state index contributed by atoms with van der Waals surface area (Å²) < 4.78 is 0. The second-order valence-corrected chi connectivity index (χ2v) is 6.55. The highest BCUT2D eigenvalue weighted by molar-refractivity contribution is 5.83. The Labute approximate surface area is 127 Å². The molecule has 0 saturated heterocycles. The molecule has 2 fully saturated rings. The lowest BCUT2D eigenvalue weighted by molar-refractivity contribution is -0.135. The van der Waals surface area contributed by atoms with Crippen LogP contribution in [0.2, 0.25) is 0 Å². The maximum absolute atomic E-state index is 12.8. The van der Waals surface area contributed by atoms with E-state index in [9.17, 15) is 4.79 Å². The molecule has 2 aliphatic carbocycles. The van der Waals surface area contributed by atoms with Gasteiger partial charge < -0.3 is 10.6 Å². The number of hydrogen-bond acceptors (Lipinski definition) is 2. The molecule has 3 nitrogen and oxygen atoms in total. The van der Waals surface area contributed by atoms with Gasteiger partial charge >= 0.3 is 0 Å². The first kappa shape index (κ1) is 14.6. The first-order valence-electron chi connectivity index (χ1n) is 8.31. The Morgan fingerprint density at radius 1 is 1.19 bits per heavy atom. The minimum Gasteiger partial charge on any atom is -0.340 e. The number of nitrogens with two attached hydrogens (primary N) is 1. The van der Waals surface area contributed by atoms with Crippen LogP contribution in [0.25, 0.3) is 0 Å². The average Bonchev–Trinajstić information content (AvgIpc) is 3.31. The highest BCUT2D eigenvalue weighted by atomic mass is 16.2. The molecule has 0 spiro atoms. The number of rotatable bonds is 4. The Bertz CT molecular complexity index is 479.